The summed E-state index contributed by atoms with van der Waals surface area (Å²) in [5.41, 5.74) is 1.65. The van der Waals surface area contributed by atoms with Gasteiger partial charge in [0, 0.05) is 30.5 Å². The number of fused-ring (bicyclic) bond motifs is 1. The molecule has 51 heavy (non-hydrogen) atoms. The number of carbonyl (C=O) groups excluding carboxylic acids is 3. The lowest BCUT2D eigenvalue weighted by Crippen LogP contribution is -2.47. The Bertz CT molecular complexity index is 1720. The van der Waals surface area contributed by atoms with Crippen molar-refractivity contribution in [1.29, 1.82) is 0 Å². The molecule has 1 aliphatic carbocycles. The monoisotopic (exact) mass is 694 g/mol. The van der Waals surface area contributed by atoms with Crippen LogP contribution in [0.3, 0.4) is 0 Å². The quantitative estimate of drug-likeness (QED) is 0.126. The Morgan fingerprint density at radius 2 is 1.67 bits per heavy atom. The molecule has 10 heteroatoms. The van der Waals surface area contributed by atoms with Crippen molar-refractivity contribution in [3.63, 3.8) is 0 Å². The molecule has 1 saturated carbocycles. The zero-order valence-electron chi connectivity index (χ0n) is 30.8. The lowest BCUT2D eigenvalue weighted by atomic mass is 9.94. The molecular weight excluding hydrogens is 640 g/mol. The number of imidazole rings is 1. The number of ether oxygens (including phenoxy) is 1. The molecule has 0 saturated heterocycles. The fourth-order valence-corrected chi connectivity index (χ4v) is 6.84. The second kappa shape index (κ2) is 17.5. The summed E-state index contributed by atoms with van der Waals surface area (Å²) in [6.45, 7) is 8.85. The van der Waals surface area contributed by atoms with Crippen molar-refractivity contribution in [1.82, 2.24) is 30.4 Å². The molecule has 1 heterocycles. The number of aromatic nitrogens is 2. The molecule has 0 aliphatic heterocycles. The van der Waals surface area contributed by atoms with E-state index in [4.69, 9.17) is 4.74 Å². The zero-order chi connectivity index (χ0) is 36.4. The molecule has 1 fully saturated rings. The molecule has 5 rings (SSSR count). The summed E-state index contributed by atoms with van der Waals surface area (Å²) in [5.74, 6) is 0.118. The minimum absolute atomic E-state index is 0.202. The first-order chi connectivity index (χ1) is 24.5. The molecule has 4 aromatic rings. The van der Waals surface area contributed by atoms with Crippen molar-refractivity contribution in [2.75, 3.05) is 13.6 Å². The Morgan fingerprint density at radius 1 is 0.941 bits per heavy atom. The van der Waals surface area contributed by atoms with Crippen LogP contribution < -0.4 is 10.6 Å². The van der Waals surface area contributed by atoms with Crippen molar-refractivity contribution < 1.29 is 19.1 Å². The van der Waals surface area contributed by atoms with E-state index in [2.05, 4.69) is 50.7 Å². The van der Waals surface area contributed by atoms with Crippen LogP contribution in [0.1, 0.15) is 106 Å². The highest BCUT2D eigenvalue weighted by Gasteiger charge is 2.26. The highest BCUT2D eigenvalue weighted by Crippen LogP contribution is 2.25. The summed E-state index contributed by atoms with van der Waals surface area (Å²) in [4.78, 5) is 51.9. The number of nitrogens with one attached hydrogen (secondary N) is 3. The van der Waals surface area contributed by atoms with E-state index in [0.717, 1.165) is 34.9 Å². The van der Waals surface area contributed by atoms with Crippen LogP contribution in [-0.2, 0) is 22.6 Å². The van der Waals surface area contributed by atoms with Crippen LogP contribution in [0.5, 0.6) is 0 Å². The van der Waals surface area contributed by atoms with E-state index in [1.807, 2.05) is 64.1 Å². The second-order valence-corrected chi connectivity index (χ2v) is 14.8. The third kappa shape index (κ3) is 10.9. The van der Waals surface area contributed by atoms with Gasteiger partial charge in [-0.1, -0.05) is 73.9 Å². The van der Waals surface area contributed by atoms with Crippen LogP contribution >= 0.6 is 0 Å². The average molecular weight is 695 g/mol. The van der Waals surface area contributed by atoms with Gasteiger partial charge in [-0.3, -0.25) is 14.5 Å². The van der Waals surface area contributed by atoms with Crippen LogP contribution in [0.2, 0.25) is 0 Å². The van der Waals surface area contributed by atoms with E-state index >= 15 is 0 Å². The van der Waals surface area contributed by atoms with Crippen LogP contribution in [0.4, 0.5) is 4.79 Å². The number of nitrogens with zero attached hydrogens (tertiary/aromatic N) is 3. The molecule has 1 aromatic heterocycles. The Morgan fingerprint density at radius 3 is 2.37 bits per heavy atom. The van der Waals surface area contributed by atoms with Crippen molar-refractivity contribution >= 4 is 28.7 Å². The fraction of sp³-hybridized carbons (Fsp3) is 0.463. The van der Waals surface area contributed by atoms with Gasteiger partial charge in [0.2, 0.25) is 5.91 Å². The number of aromatic amines is 1. The Hall–Kier alpha value is -4.70. The fourth-order valence-electron chi connectivity index (χ4n) is 6.84. The molecule has 272 valence electrons. The molecule has 0 spiro atoms. The van der Waals surface area contributed by atoms with Crippen LogP contribution in [-0.4, -0.2) is 69.0 Å². The summed E-state index contributed by atoms with van der Waals surface area (Å²) < 4.78 is 5.65. The Labute approximate surface area is 302 Å². The standard InChI is InChI=1S/C41H54N6O4/c1-29(34-18-11-14-31-13-9-10-17-35(31)34)44-39(49)36(19-12-26-46(5)33-15-7-6-8-16-33)45-38(48)32-22-20-30(21-23-32)27-47(28-37-42-24-25-43-37)40(50)51-41(2,3)4/h9-11,13-14,17-18,20-25,29,33,36H,6-8,12,15-16,19,26-28H2,1-5H3,(H,42,43)(H,44,49)(H,45,48)/t29?,36-/m0/s1. The van der Waals surface area contributed by atoms with Crippen molar-refractivity contribution in [3.05, 3.63) is 102 Å². The molecular formula is C41H54N6O4. The lowest BCUT2D eigenvalue weighted by molar-refractivity contribution is -0.123. The van der Waals surface area contributed by atoms with Gasteiger partial charge in [0.1, 0.15) is 17.5 Å². The van der Waals surface area contributed by atoms with Crippen molar-refractivity contribution in [3.8, 4) is 0 Å². The molecule has 1 aliphatic rings. The van der Waals surface area contributed by atoms with Crippen LogP contribution in [0.15, 0.2) is 79.1 Å². The number of hydrogen-bond acceptors (Lipinski definition) is 6. The molecule has 0 radical (unpaired) electrons. The average Bonchev–Trinajstić information content (AvgIpc) is 3.63. The first-order valence-electron chi connectivity index (χ1n) is 18.3. The third-order valence-electron chi connectivity index (χ3n) is 9.61. The normalized spacial score (nSPS) is 14.9. The number of benzene rings is 3. The van der Waals surface area contributed by atoms with Crippen LogP contribution in [0.25, 0.3) is 10.8 Å². The lowest BCUT2D eigenvalue weighted by Gasteiger charge is -2.31. The number of amides is 3. The molecule has 2 atom stereocenters. The van der Waals surface area contributed by atoms with Gasteiger partial charge < -0.3 is 25.3 Å². The number of rotatable bonds is 14. The van der Waals surface area contributed by atoms with Gasteiger partial charge in [0.05, 0.1) is 12.6 Å². The van der Waals surface area contributed by atoms with E-state index in [0.29, 0.717) is 23.9 Å². The summed E-state index contributed by atoms with van der Waals surface area (Å²) in [6.07, 6.45) is 10.5. The smallest absolute Gasteiger partial charge is 0.410 e. The Balaban J connectivity index is 1.26. The largest absolute Gasteiger partial charge is 0.444 e. The van der Waals surface area contributed by atoms with Gasteiger partial charge in [-0.2, -0.15) is 0 Å². The van der Waals surface area contributed by atoms with E-state index < -0.39 is 17.7 Å². The maximum atomic E-state index is 13.9. The minimum Gasteiger partial charge on any atom is -0.444 e. The molecule has 3 aromatic carbocycles. The van der Waals surface area contributed by atoms with Crippen LogP contribution in [0, 0.1) is 0 Å². The van der Waals surface area contributed by atoms with Gasteiger partial charge in [-0.15, -0.1) is 0 Å². The summed E-state index contributed by atoms with van der Waals surface area (Å²) in [6, 6.07) is 21.0. The second-order valence-electron chi connectivity index (χ2n) is 14.8. The predicted molar refractivity (Wildman–Crippen MR) is 201 cm³/mol. The predicted octanol–water partition coefficient (Wildman–Crippen LogP) is 7.52. The summed E-state index contributed by atoms with van der Waals surface area (Å²) >= 11 is 0. The first kappa shape index (κ1) is 37.6. The highest BCUT2D eigenvalue weighted by atomic mass is 16.6. The first-order valence-corrected chi connectivity index (χ1v) is 18.3. The molecule has 1 unspecified atom stereocenters. The zero-order valence-corrected chi connectivity index (χ0v) is 30.8. The Kier molecular flexibility index (Phi) is 12.9. The van der Waals surface area contributed by atoms with Gasteiger partial charge >= 0.3 is 6.09 Å². The number of H-pyrrole nitrogens is 1. The van der Waals surface area contributed by atoms with E-state index in [1.54, 1.807) is 29.4 Å². The van der Waals surface area contributed by atoms with Gasteiger partial charge in [-0.05, 0) is 101 Å². The maximum Gasteiger partial charge on any atom is 0.410 e. The minimum atomic E-state index is -0.703. The third-order valence-corrected chi connectivity index (χ3v) is 9.61. The van der Waals surface area contributed by atoms with Crippen molar-refractivity contribution in [2.45, 2.75) is 109 Å². The summed E-state index contributed by atoms with van der Waals surface area (Å²) in [7, 11) is 2.17. The molecule has 3 N–H and O–H groups in total. The molecule has 3 amide bonds. The van der Waals surface area contributed by atoms with Crippen molar-refractivity contribution in [2.24, 2.45) is 0 Å². The topological polar surface area (TPSA) is 120 Å². The van der Waals surface area contributed by atoms with E-state index in [9.17, 15) is 14.4 Å². The number of carbonyl (C=O) groups is 3. The number of hydrogen-bond donors (Lipinski definition) is 3. The van der Waals surface area contributed by atoms with E-state index in [1.165, 1.54) is 32.1 Å². The van der Waals surface area contributed by atoms with Gasteiger partial charge in [-0.25, -0.2) is 9.78 Å². The molecule has 10 nitrogen and oxygen atoms in total. The summed E-state index contributed by atoms with van der Waals surface area (Å²) in [5, 5.41) is 8.46. The maximum absolute atomic E-state index is 13.9. The SMILES string of the molecule is CC(NC(=O)[C@H](CCCN(C)C1CCCCC1)NC(=O)c1ccc(CN(Cc2ncc[nH]2)C(=O)OC(C)(C)C)cc1)c1cccc2ccccc12. The highest BCUT2D eigenvalue weighted by molar-refractivity contribution is 5.97. The van der Waals surface area contributed by atoms with Gasteiger partial charge in [0.15, 0.2) is 0 Å². The van der Waals surface area contributed by atoms with Gasteiger partial charge in [0.25, 0.3) is 5.91 Å². The van der Waals surface area contributed by atoms with E-state index in [-0.39, 0.29) is 30.9 Å². The molecule has 0 bridgehead atoms.